The number of nitrogens with one attached hydrogen (secondary N) is 2. The van der Waals surface area contributed by atoms with Crippen molar-refractivity contribution in [3.63, 3.8) is 0 Å². The van der Waals surface area contributed by atoms with Crippen molar-refractivity contribution in [3.8, 4) is 0 Å². The minimum absolute atomic E-state index is 0.0789. The van der Waals surface area contributed by atoms with Gasteiger partial charge in [-0.25, -0.2) is 18.1 Å². The largest absolute Gasteiger partial charge is 0.335 e. The molecule has 16 heavy (non-hydrogen) atoms. The van der Waals surface area contributed by atoms with Gasteiger partial charge in [0.1, 0.15) is 0 Å². The molecule has 0 spiro atoms. The van der Waals surface area contributed by atoms with Crippen molar-refractivity contribution in [2.45, 2.75) is 31.3 Å². The molecule has 0 aliphatic rings. The molecule has 92 valence electrons. The van der Waals surface area contributed by atoms with E-state index >= 15 is 0 Å². The summed E-state index contributed by atoms with van der Waals surface area (Å²) in [5.41, 5.74) is 5.45. The van der Waals surface area contributed by atoms with Gasteiger partial charge in [0.05, 0.1) is 12.5 Å². The highest BCUT2D eigenvalue weighted by molar-refractivity contribution is 7.89. The summed E-state index contributed by atoms with van der Waals surface area (Å²) in [6.45, 7) is 4.36. The molecule has 0 aromatic carbocycles. The zero-order chi connectivity index (χ0) is 12.2. The van der Waals surface area contributed by atoms with Crippen molar-refractivity contribution in [2.75, 3.05) is 6.54 Å². The molecule has 0 saturated heterocycles. The first-order valence-corrected chi connectivity index (χ1v) is 6.66. The van der Waals surface area contributed by atoms with Crippen LogP contribution >= 0.6 is 0 Å². The van der Waals surface area contributed by atoms with E-state index < -0.39 is 10.0 Å². The van der Waals surface area contributed by atoms with E-state index in [0.29, 0.717) is 13.0 Å². The lowest BCUT2D eigenvalue weighted by molar-refractivity contribution is 0.428. The number of imidazole rings is 1. The van der Waals surface area contributed by atoms with Crippen LogP contribution in [0.2, 0.25) is 0 Å². The summed E-state index contributed by atoms with van der Waals surface area (Å²) in [7, 11) is -3.51. The van der Waals surface area contributed by atoms with Crippen LogP contribution in [0.1, 0.15) is 20.3 Å². The fourth-order valence-electron chi connectivity index (χ4n) is 1.36. The van der Waals surface area contributed by atoms with Crippen LogP contribution in [0.25, 0.3) is 0 Å². The molecule has 4 N–H and O–H groups in total. The fraction of sp³-hybridized carbons (Fsp3) is 0.667. The summed E-state index contributed by atoms with van der Waals surface area (Å²) < 4.78 is 26.3. The molecule has 0 aliphatic heterocycles. The predicted octanol–water partition coefficient (Wildman–Crippen LogP) is 0.0614. The van der Waals surface area contributed by atoms with E-state index in [4.69, 9.17) is 5.73 Å². The van der Waals surface area contributed by atoms with Crippen LogP contribution in [0.15, 0.2) is 17.6 Å². The molecule has 0 radical (unpaired) electrons. The number of aromatic amines is 1. The van der Waals surface area contributed by atoms with E-state index in [1.165, 1.54) is 12.5 Å². The smallest absolute Gasteiger partial charge is 0.257 e. The summed E-state index contributed by atoms with van der Waals surface area (Å²) >= 11 is 0. The molecule has 1 aromatic heterocycles. The first-order chi connectivity index (χ1) is 7.47. The van der Waals surface area contributed by atoms with Crippen molar-refractivity contribution in [1.82, 2.24) is 14.7 Å². The average Bonchev–Trinajstić information content (AvgIpc) is 2.69. The lowest BCUT2D eigenvalue weighted by Gasteiger charge is -2.20. The van der Waals surface area contributed by atoms with Gasteiger partial charge in [0.15, 0.2) is 5.03 Å². The fourth-order valence-corrected chi connectivity index (χ4v) is 2.68. The number of aromatic nitrogens is 2. The van der Waals surface area contributed by atoms with Gasteiger partial charge in [-0.3, -0.25) is 0 Å². The third kappa shape index (κ3) is 3.29. The maximum Gasteiger partial charge on any atom is 0.257 e. The topological polar surface area (TPSA) is 101 Å². The van der Waals surface area contributed by atoms with Crippen LogP contribution in [0.4, 0.5) is 0 Å². The van der Waals surface area contributed by atoms with Crippen molar-refractivity contribution >= 4 is 10.0 Å². The van der Waals surface area contributed by atoms with Crippen molar-refractivity contribution in [1.29, 1.82) is 0 Å². The maximum atomic E-state index is 11.9. The van der Waals surface area contributed by atoms with Gasteiger partial charge in [-0.2, -0.15) is 0 Å². The SMILES string of the molecule is CC(C)C(CCN)NS(=O)(=O)c1cnc[nH]1. The molecule has 6 nitrogen and oxygen atoms in total. The van der Waals surface area contributed by atoms with Gasteiger partial charge >= 0.3 is 0 Å². The summed E-state index contributed by atoms with van der Waals surface area (Å²) in [5, 5.41) is 0.0789. The van der Waals surface area contributed by atoms with Crippen LogP contribution in [-0.4, -0.2) is 31.0 Å². The number of sulfonamides is 1. The van der Waals surface area contributed by atoms with Gasteiger partial charge in [0.25, 0.3) is 10.0 Å². The van der Waals surface area contributed by atoms with Crippen molar-refractivity contribution in [2.24, 2.45) is 11.7 Å². The molecule has 1 heterocycles. The standard InChI is InChI=1S/C9H18N4O2S/c1-7(2)8(3-4-10)13-16(14,15)9-5-11-6-12-9/h5-8,13H,3-4,10H2,1-2H3,(H,11,12). The van der Waals surface area contributed by atoms with E-state index in [0.717, 1.165) is 0 Å². The van der Waals surface area contributed by atoms with E-state index in [2.05, 4.69) is 14.7 Å². The van der Waals surface area contributed by atoms with Crippen molar-refractivity contribution in [3.05, 3.63) is 12.5 Å². The van der Waals surface area contributed by atoms with Crippen LogP contribution < -0.4 is 10.5 Å². The van der Waals surface area contributed by atoms with Gasteiger partial charge in [-0.05, 0) is 18.9 Å². The number of hydrogen-bond acceptors (Lipinski definition) is 4. The summed E-state index contributed by atoms with van der Waals surface area (Å²) in [6, 6.07) is -0.154. The summed E-state index contributed by atoms with van der Waals surface area (Å²) in [6.07, 6.45) is 3.23. The highest BCUT2D eigenvalue weighted by Crippen LogP contribution is 2.10. The monoisotopic (exact) mass is 246 g/mol. The molecular weight excluding hydrogens is 228 g/mol. The number of nitrogens with zero attached hydrogens (tertiary/aromatic N) is 1. The molecule has 0 aliphatic carbocycles. The first kappa shape index (κ1) is 13.1. The molecule has 1 unspecified atom stereocenters. The Bertz CT molecular complexity index is 399. The lowest BCUT2D eigenvalue weighted by Crippen LogP contribution is -2.39. The molecule has 1 aromatic rings. The van der Waals surface area contributed by atoms with E-state index in [1.807, 2.05) is 13.8 Å². The Morgan fingerprint density at radius 2 is 2.25 bits per heavy atom. The quantitative estimate of drug-likeness (QED) is 0.660. The van der Waals surface area contributed by atoms with Crippen LogP contribution in [0.3, 0.4) is 0 Å². The highest BCUT2D eigenvalue weighted by Gasteiger charge is 2.22. The number of nitrogens with two attached hydrogens (primary N) is 1. The highest BCUT2D eigenvalue weighted by atomic mass is 32.2. The predicted molar refractivity (Wildman–Crippen MR) is 61.2 cm³/mol. The van der Waals surface area contributed by atoms with Gasteiger partial charge in [-0.15, -0.1) is 0 Å². The average molecular weight is 246 g/mol. The van der Waals surface area contributed by atoms with E-state index in [9.17, 15) is 8.42 Å². The van der Waals surface area contributed by atoms with Gasteiger partial charge in [0, 0.05) is 6.04 Å². The minimum Gasteiger partial charge on any atom is -0.335 e. The van der Waals surface area contributed by atoms with Gasteiger partial charge in [0.2, 0.25) is 0 Å². The summed E-state index contributed by atoms with van der Waals surface area (Å²) in [4.78, 5) is 6.26. The Balaban J connectivity index is 2.78. The first-order valence-electron chi connectivity index (χ1n) is 5.18. The van der Waals surface area contributed by atoms with Gasteiger partial charge in [-0.1, -0.05) is 13.8 Å². The third-order valence-corrected chi connectivity index (χ3v) is 3.77. The van der Waals surface area contributed by atoms with Crippen LogP contribution in [0, 0.1) is 5.92 Å². The second kappa shape index (κ2) is 5.42. The normalized spacial score (nSPS) is 14.2. The number of rotatable bonds is 6. The molecule has 0 amide bonds. The second-order valence-corrected chi connectivity index (χ2v) is 5.65. The number of hydrogen-bond donors (Lipinski definition) is 3. The van der Waals surface area contributed by atoms with E-state index in [1.54, 1.807) is 0 Å². The Hall–Kier alpha value is -0.920. The molecular formula is C9H18N4O2S. The molecule has 7 heteroatoms. The molecule has 1 atom stereocenters. The van der Waals surface area contributed by atoms with Crippen LogP contribution in [-0.2, 0) is 10.0 Å². The Labute approximate surface area is 95.7 Å². The van der Waals surface area contributed by atoms with E-state index in [-0.39, 0.29) is 17.0 Å². The molecule has 0 saturated carbocycles. The second-order valence-electron chi connectivity index (χ2n) is 3.97. The molecule has 0 bridgehead atoms. The molecule has 0 fully saturated rings. The molecule has 1 rings (SSSR count). The number of H-pyrrole nitrogens is 1. The maximum absolute atomic E-state index is 11.9. The Morgan fingerprint density at radius 1 is 1.56 bits per heavy atom. The minimum atomic E-state index is -3.51. The zero-order valence-electron chi connectivity index (χ0n) is 9.47. The van der Waals surface area contributed by atoms with Crippen molar-refractivity contribution < 1.29 is 8.42 Å². The van der Waals surface area contributed by atoms with Crippen LogP contribution in [0.5, 0.6) is 0 Å². The van der Waals surface area contributed by atoms with Gasteiger partial charge < -0.3 is 10.7 Å². The Morgan fingerprint density at radius 3 is 2.69 bits per heavy atom. The lowest BCUT2D eigenvalue weighted by atomic mass is 10.0. The third-order valence-electron chi connectivity index (χ3n) is 2.35. The Kier molecular flexibility index (Phi) is 4.45. The zero-order valence-corrected chi connectivity index (χ0v) is 10.3. The summed E-state index contributed by atoms with van der Waals surface area (Å²) in [5.74, 6) is 0.196.